The molecule has 0 radical (unpaired) electrons. The van der Waals surface area contributed by atoms with Gasteiger partial charge in [0.15, 0.2) is 0 Å². The number of rotatable bonds is 5. The van der Waals surface area contributed by atoms with Crippen LogP contribution in [0.5, 0.6) is 5.75 Å². The summed E-state index contributed by atoms with van der Waals surface area (Å²) in [4.78, 5) is 28.0. The van der Waals surface area contributed by atoms with Crippen LogP contribution in [0.4, 0.5) is 0 Å². The van der Waals surface area contributed by atoms with Crippen LogP contribution >= 0.6 is 15.9 Å². The van der Waals surface area contributed by atoms with Gasteiger partial charge in [-0.25, -0.2) is 10.2 Å². The zero-order valence-electron chi connectivity index (χ0n) is 14.0. The van der Waals surface area contributed by atoms with Crippen molar-refractivity contribution in [3.8, 4) is 5.75 Å². The van der Waals surface area contributed by atoms with E-state index >= 15 is 0 Å². The van der Waals surface area contributed by atoms with Crippen LogP contribution in [0.25, 0.3) is 0 Å². The number of aromatic nitrogens is 1. The highest BCUT2D eigenvalue weighted by molar-refractivity contribution is 9.10. The molecule has 1 amide bonds. The van der Waals surface area contributed by atoms with Crippen molar-refractivity contribution >= 4 is 34.0 Å². The van der Waals surface area contributed by atoms with Crippen LogP contribution in [-0.4, -0.2) is 23.1 Å². The average molecular weight is 424 g/mol. The molecule has 6 nitrogen and oxygen atoms in total. The third-order valence-electron chi connectivity index (χ3n) is 3.42. The number of esters is 1. The van der Waals surface area contributed by atoms with Gasteiger partial charge in [0.2, 0.25) is 0 Å². The van der Waals surface area contributed by atoms with Crippen LogP contribution < -0.4 is 10.2 Å². The van der Waals surface area contributed by atoms with Gasteiger partial charge in [-0.3, -0.25) is 9.78 Å². The number of pyridine rings is 1. The van der Waals surface area contributed by atoms with Crippen LogP contribution in [0, 0.1) is 0 Å². The molecule has 0 bridgehead atoms. The highest BCUT2D eigenvalue weighted by atomic mass is 79.9. The molecule has 27 heavy (non-hydrogen) atoms. The minimum atomic E-state index is -0.444. The highest BCUT2D eigenvalue weighted by Gasteiger charge is 2.08. The van der Waals surface area contributed by atoms with Crippen LogP contribution in [-0.2, 0) is 0 Å². The summed E-state index contributed by atoms with van der Waals surface area (Å²) in [6.07, 6.45) is 4.49. The van der Waals surface area contributed by atoms with E-state index in [4.69, 9.17) is 4.74 Å². The number of carbonyl (C=O) groups excluding carboxylic acids is 2. The molecule has 0 atom stereocenters. The van der Waals surface area contributed by atoms with Crippen molar-refractivity contribution in [3.63, 3.8) is 0 Å². The molecule has 0 spiro atoms. The minimum Gasteiger partial charge on any atom is -0.423 e. The van der Waals surface area contributed by atoms with E-state index in [1.165, 1.54) is 12.4 Å². The summed E-state index contributed by atoms with van der Waals surface area (Å²) in [5.41, 5.74) is 3.94. The van der Waals surface area contributed by atoms with E-state index in [9.17, 15) is 9.59 Å². The molecule has 1 N–H and O–H groups in total. The van der Waals surface area contributed by atoms with Gasteiger partial charge in [-0.05, 0) is 51.8 Å². The van der Waals surface area contributed by atoms with Crippen molar-refractivity contribution in [2.75, 3.05) is 0 Å². The van der Waals surface area contributed by atoms with Gasteiger partial charge in [-0.15, -0.1) is 0 Å². The summed E-state index contributed by atoms with van der Waals surface area (Å²) in [5, 5.41) is 3.92. The van der Waals surface area contributed by atoms with Crippen LogP contribution in [0.3, 0.4) is 0 Å². The maximum absolute atomic E-state index is 12.1. The molecule has 0 aliphatic heterocycles. The second-order valence-electron chi connectivity index (χ2n) is 5.42. The monoisotopic (exact) mass is 423 g/mol. The predicted octanol–water partition coefficient (Wildman–Crippen LogP) is 3.83. The van der Waals surface area contributed by atoms with Gasteiger partial charge in [0.05, 0.1) is 17.3 Å². The summed E-state index contributed by atoms with van der Waals surface area (Å²) in [7, 11) is 0. The average Bonchev–Trinajstić information content (AvgIpc) is 2.69. The molecule has 3 aromatic rings. The SMILES string of the molecule is O=C(NN=Cc1cccc(OC(=O)c2ccccc2)c1)c1cncc(Br)c1. The van der Waals surface area contributed by atoms with Gasteiger partial charge in [0.25, 0.3) is 5.91 Å². The van der Waals surface area contributed by atoms with E-state index in [0.717, 1.165) is 0 Å². The van der Waals surface area contributed by atoms with E-state index in [2.05, 4.69) is 31.4 Å². The summed E-state index contributed by atoms with van der Waals surface area (Å²) < 4.78 is 6.05. The van der Waals surface area contributed by atoms with Crippen molar-refractivity contribution in [2.24, 2.45) is 5.10 Å². The first kappa shape index (κ1) is 18.5. The first-order valence-corrected chi connectivity index (χ1v) is 8.72. The Bertz CT molecular complexity index is 991. The van der Waals surface area contributed by atoms with Crippen molar-refractivity contribution in [1.29, 1.82) is 0 Å². The van der Waals surface area contributed by atoms with E-state index in [1.807, 2.05) is 6.07 Å². The van der Waals surface area contributed by atoms with Gasteiger partial charge in [-0.1, -0.05) is 30.3 Å². The van der Waals surface area contributed by atoms with E-state index < -0.39 is 5.97 Å². The fourth-order valence-corrected chi connectivity index (χ4v) is 2.53. The van der Waals surface area contributed by atoms with Gasteiger partial charge in [0.1, 0.15) is 5.75 Å². The van der Waals surface area contributed by atoms with Crippen molar-refractivity contribution in [3.05, 3.63) is 94.2 Å². The number of nitrogens with one attached hydrogen (secondary N) is 1. The Hall–Kier alpha value is -3.32. The van der Waals surface area contributed by atoms with E-state index in [1.54, 1.807) is 60.8 Å². The van der Waals surface area contributed by atoms with E-state index in [0.29, 0.717) is 26.9 Å². The molecule has 2 aromatic carbocycles. The summed E-state index contributed by atoms with van der Waals surface area (Å²) in [5.74, 6) is -0.442. The zero-order valence-corrected chi connectivity index (χ0v) is 15.6. The Morgan fingerprint density at radius 3 is 2.59 bits per heavy atom. The largest absolute Gasteiger partial charge is 0.423 e. The number of ether oxygens (including phenoxy) is 1. The molecule has 3 rings (SSSR count). The first-order chi connectivity index (χ1) is 13.1. The Labute approximate surface area is 164 Å². The number of nitrogens with zero attached hydrogens (tertiary/aromatic N) is 2. The molecule has 0 fully saturated rings. The lowest BCUT2D eigenvalue weighted by molar-refractivity contribution is 0.0734. The maximum atomic E-state index is 12.1. The number of amides is 1. The Morgan fingerprint density at radius 1 is 1.00 bits per heavy atom. The molecule has 7 heteroatoms. The molecule has 0 saturated heterocycles. The maximum Gasteiger partial charge on any atom is 0.343 e. The lowest BCUT2D eigenvalue weighted by Gasteiger charge is -2.05. The molecule has 0 aliphatic rings. The number of benzene rings is 2. The lowest BCUT2D eigenvalue weighted by atomic mass is 10.2. The summed E-state index contributed by atoms with van der Waals surface area (Å²) in [6, 6.07) is 17.2. The normalized spacial score (nSPS) is 10.6. The van der Waals surface area contributed by atoms with Crippen molar-refractivity contribution < 1.29 is 14.3 Å². The van der Waals surface area contributed by atoms with Gasteiger partial charge in [-0.2, -0.15) is 5.10 Å². The van der Waals surface area contributed by atoms with Crippen LogP contribution in [0.2, 0.25) is 0 Å². The first-order valence-electron chi connectivity index (χ1n) is 7.93. The Morgan fingerprint density at radius 2 is 1.81 bits per heavy atom. The quantitative estimate of drug-likeness (QED) is 0.292. The molecule has 0 unspecified atom stereocenters. The minimum absolute atomic E-state index is 0.382. The van der Waals surface area contributed by atoms with Crippen LogP contribution in [0.1, 0.15) is 26.3 Å². The van der Waals surface area contributed by atoms with E-state index in [-0.39, 0.29) is 5.91 Å². The third-order valence-corrected chi connectivity index (χ3v) is 3.86. The lowest BCUT2D eigenvalue weighted by Crippen LogP contribution is -2.17. The summed E-state index contributed by atoms with van der Waals surface area (Å²) >= 11 is 3.26. The number of carbonyl (C=O) groups is 2. The molecule has 1 heterocycles. The Kier molecular flexibility index (Phi) is 6.06. The molecule has 1 aromatic heterocycles. The standard InChI is InChI=1S/C20H14BrN3O3/c21-17-10-16(12-22-13-17)19(25)24-23-11-14-5-4-8-18(9-14)27-20(26)15-6-2-1-3-7-15/h1-13H,(H,24,25). The predicted molar refractivity (Wildman–Crippen MR) is 105 cm³/mol. The zero-order chi connectivity index (χ0) is 19.1. The molecule has 0 saturated carbocycles. The fraction of sp³-hybridized carbons (Fsp3) is 0. The topological polar surface area (TPSA) is 80.6 Å². The van der Waals surface area contributed by atoms with Crippen molar-refractivity contribution in [2.45, 2.75) is 0 Å². The molecule has 134 valence electrons. The highest BCUT2D eigenvalue weighted by Crippen LogP contribution is 2.14. The third kappa shape index (κ3) is 5.32. The smallest absolute Gasteiger partial charge is 0.343 e. The number of hydrogen-bond donors (Lipinski definition) is 1. The summed E-state index contributed by atoms with van der Waals surface area (Å²) in [6.45, 7) is 0. The second kappa shape index (κ2) is 8.86. The number of hydrogen-bond acceptors (Lipinski definition) is 5. The second-order valence-corrected chi connectivity index (χ2v) is 6.33. The Balaban J connectivity index is 1.62. The fourth-order valence-electron chi connectivity index (χ4n) is 2.16. The van der Waals surface area contributed by atoms with Gasteiger partial charge in [0, 0.05) is 16.9 Å². The van der Waals surface area contributed by atoms with Gasteiger partial charge < -0.3 is 4.74 Å². The van der Waals surface area contributed by atoms with Crippen molar-refractivity contribution in [1.82, 2.24) is 10.4 Å². The molecule has 0 aliphatic carbocycles. The van der Waals surface area contributed by atoms with Crippen LogP contribution in [0.15, 0.2) is 82.6 Å². The number of hydrazone groups is 1. The van der Waals surface area contributed by atoms with Gasteiger partial charge >= 0.3 is 5.97 Å². The molecular formula is C20H14BrN3O3. The molecular weight excluding hydrogens is 410 g/mol. The number of halogens is 1.